The molecule has 2 saturated carbocycles. The molecule has 4 atom stereocenters. The number of hydrazone groups is 1. The minimum atomic E-state index is -0.241. The Bertz CT molecular complexity index is 1180. The molecule has 1 heterocycles. The summed E-state index contributed by atoms with van der Waals surface area (Å²) in [5.41, 5.74) is 1.93. The number of carbonyl (C=O) groups is 2. The summed E-state index contributed by atoms with van der Waals surface area (Å²) in [7, 11) is 0. The van der Waals surface area contributed by atoms with Gasteiger partial charge in [-0.2, -0.15) is 10.1 Å². The van der Waals surface area contributed by atoms with Gasteiger partial charge in [0.25, 0.3) is 11.8 Å². The zero-order valence-electron chi connectivity index (χ0n) is 17.4. The molecule has 1 aliphatic heterocycles. The molecule has 168 valence electrons. The Labute approximate surface area is 213 Å². The van der Waals surface area contributed by atoms with Crippen molar-refractivity contribution in [1.82, 2.24) is 5.01 Å². The van der Waals surface area contributed by atoms with E-state index < -0.39 is 0 Å². The molecule has 0 unspecified atom stereocenters. The SMILES string of the molecule is O=C1[C@@H]2[C@H](C(=O)N1/N=C\c1cc(Br)c(OCc3ccc(Cl)cc3)c(Br)c1)[C@H]1C=C[C@H]2C12CC2. The first kappa shape index (κ1) is 21.6. The molecule has 2 bridgehead atoms. The second kappa shape index (κ2) is 7.79. The van der Waals surface area contributed by atoms with Gasteiger partial charge >= 0.3 is 0 Å². The van der Waals surface area contributed by atoms with Gasteiger partial charge in [-0.3, -0.25) is 9.59 Å². The third-order valence-corrected chi connectivity index (χ3v) is 8.90. The lowest BCUT2D eigenvalue weighted by molar-refractivity contribution is -0.141. The number of rotatable bonds is 5. The second-order valence-electron chi connectivity index (χ2n) is 9.18. The van der Waals surface area contributed by atoms with Crippen molar-refractivity contribution in [3.8, 4) is 5.75 Å². The fourth-order valence-electron chi connectivity index (χ4n) is 5.83. The number of halogens is 3. The summed E-state index contributed by atoms with van der Waals surface area (Å²) in [5.74, 6) is 0.246. The maximum absolute atomic E-state index is 13.1. The van der Waals surface area contributed by atoms with Crippen molar-refractivity contribution >= 4 is 61.5 Å². The smallest absolute Gasteiger partial charge is 0.254 e. The molecule has 33 heavy (non-hydrogen) atoms. The lowest BCUT2D eigenvalue weighted by atomic mass is 9.85. The number of hydrogen-bond donors (Lipinski definition) is 0. The molecule has 3 fully saturated rings. The molecule has 4 aliphatic rings. The molecule has 5 nitrogen and oxygen atoms in total. The standard InChI is InChI=1S/C25H19Br2ClN2O3/c26-18-9-14(10-19(27)22(18)33-12-13-1-3-15(28)4-2-13)11-29-30-23(31)20-16-5-6-17(21(20)24(30)32)25(16)7-8-25/h1-6,9-11,16-17,20-21H,7-8,12H2/b29-11-/t16-,17-,20-,21+/m1/s1. The van der Waals surface area contributed by atoms with Crippen LogP contribution in [0.5, 0.6) is 5.75 Å². The summed E-state index contributed by atoms with van der Waals surface area (Å²) in [6, 6.07) is 11.2. The normalized spacial score (nSPS) is 28.4. The summed E-state index contributed by atoms with van der Waals surface area (Å²) in [5, 5.41) is 6.07. The summed E-state index contributed by atoms with van der Waals surface area (Å²) in [6.45, 7) is 0.388. The van der Waals surface area contributed by atoms with Crippen LogP contribution in [0, 0.1) is 29.1 Å². The summed E-state index contributed by atoms with van der Waals surface area (Å²) in [4.78, 5) is 26.1. The maximum atomic E-state index is 13.1. The van der Waals surface area contributed by atoms with E-state index >= 15 is 0 Å². The van der Waals surface area contributed by atoms with E-state index in [4.69, 9.17) is 16.3 Å². The number of carbonyl (C=O) groups excluding carboxylic acids is 2. The molecule has 2 aromatic carbocycles. The summed E-state index contributed by atoms with van der Waals surface area (Å²) in [6.07, 6.45) is 8.13. The fraction of sp³-hybridized carbons (Fsp3) is 0.320. The van der Waals surface area contributed by atoms with Gasteiger partial charge < -0.3 is 4.74 Å². The number of nitrogens with zero attached hydrogens (tertiary/aromatic N) is 2. The Kier molecular flexibility index (Phi) is 5.09. The Morgan fingerprint density at radius 1 is 1.03 bits per heavy atom. The Hall–Kier alpha value is -1.96. The summed E-state index contributed by atoms with van der Waals surface area (Å²) < 4.78 is 7.43. The molecule has 3 aliphatic carbocycles. The van der Waals surface area contributed by atoms with Gasteiger partial charge in [0.05, 0.1) is 27.0 Å². The van der Waals surface area contributed by atoms with Gasteiger partial charge in [-0.15, -0.1) is 0 Å². The van der Waals surface area contributed by atoms with E-state index in [0.717, 1.165) is 37.9 Å². The Balaban J connectivity index is 1.18. The van der Waals surface area contributed by atoms with Crippen LogP contribution in [0.2, 0.25) is 5.02 Å². The van der Waals surface area contributed by atoms with Gasteiger partial charge in [-0.1, -0.05) is 35.9 Å². The highest BCUT2D eigenvalue weighted by atomic mass is 79.9. The van der Waals surface area contributed by atoms with Gasteiger partial charge in [0.1, 0.15) is 12.4 Å². The predicted molar refractivity (Wildman–Crippen MR) is 132 cm³/mol. The first-order valence-corrected chi connectivity index (χ1v) is 12.8. The Morgan fingerprint density at radius 2 is 1.61 bits per heavy atom. The van der Waals surface area contributed by atoms with Crippen molar-refractivity contribution in [3.05, 3.63) is 73.6 Å². The van der Waals surface area contributed by atoms with Gasteiger partial charge in [0, 0.05) is 5.02 Å². The van der Waals surface area contributed by atoms with Crippen LogP contribution in [0.15, 0.2) is 62.6 Å². The molecule has 0 aromatic heterocycles. The average molecular weight is 591 g/mol. The van der Waals surface area contributed by atoms with Crippen molar-refractivity contribution in [2.24, 2.45) is 34.2 Å². The largest absolute Gasteiger partial charge is 0.487 e. The van der Waals surface area contributed by atoms with Gasteiger partial charge in [-0.05, 0) is 97.3 Å². The predicted octanol–water partition coefficient (Wildman–Crippen LogP) is 5.98. The average Bonchev–Trinajstić information content (AvgIpc) is 3.39. The monoisotopic (exact) mass is 588 g/mol. The van der Waals surface area contributed by atoms with Crippen molar-refractivity contribution in [2.75, 3.05) is 0 Å². The van der Waals surface area contributed by atoms with Crippen molar-refractivity contribution in [3.63, 3.8) is 0 Å². The number of fused-ring (bicyclic) bond motifs is 3. The van der Waals surface area contributed by atoms with Crippen LogP contribution in [0.3, 0.4) is 0 Å². The van der Waals surface area contributed by atoms with Crippen LogP contribution >= 0.6 is 43.5 Å². The molecular weight excluding hydrogens is 572 g/mol. The first-order valence-electron chi connectivity index (χ1n) is 10.9. The van der Waals surface area contributed by atoms with E-state index in [9.17, 15) is 9.59 Å². The number of hydrogen-bond acceptors (Lipinski definition) is 4. The van der Waals surface area contributed by atoms with E-state index in [1.165, 1.54) is 0 Å². The zero-order valence-corrected chi connectivity index (χ0v) is 21.3. The van der Waals surface area contributed by atoms with Crippen LogP contribution in [0.1, 0.15) is 24.0 Å². The van der Waals surface area contributed by atoms with E-state index in [-0.39, 0.29) is 40.9 Å². The molecule has 0 N–H and O–H groups in total. The fourth-order valence-corrected chi connectivity index (χ4v) is 7.41. The third kappa shape index (κ3) is 3.34. The molecule has 6 rings (SSSR count). The van der Waals surface area contributed by atoms with Crippen molar-refractivity contribution < 1.29 is 14.3 Å². The van der Waals surface area contributed by atoms with E-state index in [1.54, 1.807) is 6.21 Å². The topological polar surface area (TPSA) is 59.0 Å². The molecule has 8 heteroatoms. The van der Waals surface area contributed by atoms with E-state index in [2.05, 4.69) is 49.1 Å². The number of imide groups is 1. The van der Waals surface area contributed by atoms with Crippen LogP contribution < -0.4 is 4.74 Å². The minimum absolute atomic E-state index is 0.162. The lowest BCUT2D eigenvalue weighted by Gasteiger charge is -2.18. The Morgan fingerprint density at radius 3 is 2.15 bits per heavy atom. The number of amides is 2. The highest BCUT2D eigenvalue weighted by Crippen LogP contribution is 2.73. The zero-order chi connectivity index (χ0) is 22.9. The highest BCUT2D eigenvalue weighted by molar-refractivity contribution is 9.11. The number of allylic oxidation sites excluding steroid dienone is 2. The molecule has 1 spiro atoms. The van der Waals surface area contributed by atoms with Crippen LogP contribution in [-0.4, -0.2) is 23.0 Å². The molecule has 0 radical (unpaired) electrons. The van der Waals surface area contributed by atoms with Crippen LogP contribution in [-0.2, 0) is 16.2 Å². The molecular formula is C25H19Br2ClN2O3. The van der Waals surface area contributed by atoms with Gasteiger partial charge in [-0.25, -0.2) is 0 Å². The third-order valence-electron chi connectivity index (χ3n) is 7.47. The highest BCUT2D eigenvalue weighted by Gasteiger charge is 2.73. The van der Waals surface area contributed by atoms with E-state index in [1.807, 2.05) is 36.4 Å². The summed E-state index contributed by atoms with van der Waals surface area (Å²) >= 11 is 13.0. The van der Waals surface area contributed by atoms with E-state index in [0.29, 0.717) is 17.4 Å². The first-order chi connectivity index (χ1) is 15.9. The van der Waals surface area contributed by atoms with Crippen molar-refractivity contribution in [1.29, 1.82) is 0 Å². The quantitative estimate of drug-likeness (QED) is 0.245. The number of benzene rings is 2. The van der Waals surface area contributed by atoms with Gasteiger partial charge in [0.15, 0.2) is 0 Å². The molecule has 1 saturated heterocycles. The van der Waals surface area contributed by atoms with Gasteiger partial charge in [0.2, 0.25) is 0 Å². The molecule has 2 aromatic rings. The minimum Gasteiger partial charge on any atom is -0.487 e. The van der Waals surface area contributed by atoms with Crippen LogP contribution in [0.4, 0.5) is 0 Å². The van der Waals surface area contributed by atoms with Crippen LogP contribution in [0.25, 0.3) is 0 Å². The van der Waals surface area contributed by atoms with Crippen molar-refractivity contribution in [2.45, 2.75) is 19.4 Å². The maximum Gasteiger partial charge on any atom is 0.254 e. The second-order valence-corrected chi connectivity index (χ2v) is 11.3. The lowest BCUT2D eigenvalue weighted by Crippen LogP contribution is -2.30. The molecule has 2 amide bonds. The number of ether oxygens (including phenoxy) is 1.